The van der Waals surface area contributed by atoms with Gasteiger partial charge in [-0.2, -0.15) is 0 Å². The SMILES string of the molecule is O=C(CC[C@H]1CCCN(Cc2ccc(OC(F)(F)F)cc2)C1)NC1CC1. The second-order valence-electron chi connectivity index (χ2n) is 7.32. The topological polar surface area (TPSA) is 41.6 Å². The van der Waals surface area contributed by atoms with E-state index >= 15 is 0 Å². The van der Waals surface area contributed by atoms with Crippen LogP contribution < -0.4 is 10.1 Å². The van der Waals surface area contributed by atoms with Crippen molar-refractivity contribution in [2.45, 2.75) is 57.5 Å². The van der Waals surface area contributed by atoms with Gasteiger partial charge in [-0.25, -0.2) is 0 Å². The molecule has 2 aliphatic rings. The Kier molecular flexibility index (Phi) is 6.06. The molecule has 1 aliphatic heterocycles. The Hall–Kier alpha value is -1.76. The lowest BCUT2D eigenvalue weighted by atomic mass is 9.93. The van der Waals surface area contributed by atoms with Crippen LogP contribution in [0.5, 0.6) is 5.75 Å². The van der Waals surface area contributed by atoms with Crippen molar-refractivity contribution in [3.8, 4) is 5.75 Å². The Labute approximate surface area is 151 Å². The van der Waals surface area contributed by atoms with E-state index in [1.807, 2.05) is 0 Å². The maximum atomic E-state index is 12.2. The molecule has 144 valence electrons. The van der Waals surface area contributed by atoms with E-state index in [1.54, 1.807) is 12.1 Å². The molecule has 0 aromatic heterocycles. The van der Waals surface area contributed by atoms with E-state index in [0.29, 0.717) is 24.9 Å². The zero-order valence-corrected chi connectivity index (χ0v) is 14.7. The smallest absolute Gasteiger partial charge is 0.406 e. The number of alkyl halides is 3. The Bertz CT molecular complexity index is 600. The van der Waals surface area contributed by atoms with Crippen molar-refractivity contribution in [2.75, 3.05) is 13.1 Å². The average molecular weight is 370 g/mol. The van der Waals surface area contributed by atoms with Crippen LogP contribution >= 0.6 is 0 Å². The summed E-state index contributed by atoms with van der Waals surface area (Å²) in [5.74, 6) is 0.464. The molecule has 1 saturated heterocycles. The molecule has 1 amide bonds. The summed E-state index contributed by atoms with van der Waals surface area (Å²) in [6.07, 6.45) is 1.25. The van der Waals surface area contributed by atoms with Gasteiger partial charge in [0, 0.05) is 25.6 Å². The van der Waals surface area contributed by atoms with Crippen molar-refractivity contribution in [1.29, 1.82) is 0 Å². The van der Waals surface area contributed by atoms with Crippen LogP contribution in [0.25, 0.3) is 0 Å². The quantitative estimate of drug-likeness (QED) is 0.793. The van der Waals surface area contributed by atoms with E-state index in [1.165, 1.54) is 12.1 Å². The van der Waals surface area contributed by atoms with Crippen LogP contribution in [0.1, 0.15) is 44.1 Å². The maximum absolute atomic E-state index is 12.2. The summed E-state index contributed by atoms with van der Waals surface area (Å²) in [6.45, 7) is 2.61. The minimum absolute atomic E-state index is 0.157. The van der Waals surface area contributed by atoms with E-state index in [-0.39, 0.29) is 11.7 Å². The number of hydrogen-bond donors (Lipinski definition) is 1. The van der Waals surface area contributed by atoms with E-state index in [4.69, 9.17) is 0 Å². The molecule has 7 heteroatoms. The number of piperidine rings is 1. The first-order chi connectivity index (χ1) is 12.4. The van der Waals surface area contributed by atoms with Gasteiger partial charge >= 0.3 is 6.36 Å². The van der Waals surface area contributed by atoms with Gasteiger partial charge in [-0.1, -0.05) is 12.1 Å². The van der Waals surface area contributed by atoms with Crippen molar-refractivity contribution < 1.29 is 22.7 Å². The van der Waals surface area contributed by atoms with Gasteiger partial charge in [0.2, 0.25) is 5.91 Å². The first-order valence-corrected chi connectivity index (χ1v) is 9.24. The highest BCUT2D eigenvalue weighted by Gasteiger charge is 2.31. The van der Waals surface area contributed by atoms with Crippen molar-refractivity contribution >= 4 is 5.91 Å². The van der Waals surface area contributed by atoms with E-state index in [0.717, 1.165) is 50.8 Å². The standard InChI is InChI=1S/C19H25F3N2O2/c20-19(21,22)26-17-8-3-15(4-9-17)13-24-11-1-2-14(12-24)5-10-18(25)23-16-6-7-16/h3-4,8-9,14,16H,1-2,5-7,10-13H2,(H,23,25)/t14-/m1/s1. The normalized spacial score (nSPS) is 21.4. The minimum Gasteiger partial charge on any atom is -0.406 e. The third-order valence-corrected chi connectivity index (χ3v) is 4.89. The largest absolute Gasteiger partial charge is 0.573 e. The Morgan fingerprint density at radius 2 is 1.92 bits per heavy atom. The van der Waals surface area contributed by atoms with Crippen LogP contribution in [0.15, 0.2) is 24.3 Å². The number of ether oxygens (including phenoxy) is 1. The highest BCUT2D eigenvalue weighted by Crippen LogP contribution is 2.25. The van der Waals surface area contributed by atoms with Gasteiger partial charge in [0.25, 0.3) is 0 Å². The zero-order valence-electron chi connectivity index (χ0n) is 14.7. The number of amides is 1. The molecular weight excluding hydrogens is 345 g/mol. The summed E-state index contributed by atoms with van der Waals surface area (Å²) >= 11 is 0. The zero-order chi connectivity index (χ0) is 18.6. The summed E-state index contributed by atoms with van der Waals surface area (Å²) in [4.78, 5) is 14.1. The molecule has 26 heavy (non-hydrogen) atoms. The van der Waals surface area contributed by atoms with Crippen LogP contribution in [-0.4, -0.2) is 36.3 Å². The predicted molar refractivity (Wildman–Crippen MR) is 91.5 cm³/mol. The summed E-state index contributed by atoms with van der Waals surface area (Å²) in [6, 6.07) is 6.47. The summed E-state index contributed by atoms with van der Waals surface area (Å²) in [5.41, 5.74) is 0.964. The monoisotopic (exact) mass is 370 g/mol. The summed E-state index contributed by atoms with van der Waals surface area (Å²) in [7, 11) is 0. The molecule has 1 aromatic rings. The number of carbonyl (C=O) groups excluding carboxylic acids is 1. The molecule has 0 unspecified atom stereocenters. The molecule has 1 atom stereocenters. The first kappa shape index (κ1) is 19.0. The van der Waals surface area contributed by atoms with E-state index in [2.05, 4.69) is 15.0 Å². The number of hydrogen-bond acceptors (Lipinski definition) is 3. The van der Waals surface area contributed by atoms with Gasteiger partial charge in [0.1, 0.15) is 5.75 Å². The van der Waals surface area contributed by atoms with Gasteiger partial charge in [0.05, 0.1) is 0 Å². The van der Waals surface area contributed by atoms with E-state index < -0.39 is 6.36 Å². The summed E-state index contributed by atoms with van der Waals surface area (Å²) < 4.78 is 40.5. The minimum atomic E-state index is -4.66. The highest BCUT2D eigenvalue weighted by molar-refractivity contribution is 5.76. The highest BCUT2D eigenvalue weighted by atomic mass is 19.4. The lowest BCUT2D eigenvalue weighted by Crippen LogP contribution is -2.35. The molecule has 0 spiro atoms. The molecule has 4 nitrogen and oxygen atoms in total. The van der Waals surface area contributed by atoms with Crippen molar-refractivity contribution in [1.82, 2.24) is 10.2 Å². The van der Waals surface area contributed by atoms with Crippen LogP contribution in [0.4, 0.5) is 13.2 Å². The van der Waals surface area contributed by atoms with Gasteiger partial charge < -0.3 is 10.1 Å². The molecule has 1 saturated carbocycles. The molecule has 3 rings (SSSR count). The lowest BCUT2D eigenvalue weighted by molar-refractivity contribution is -0.274. The van der Waals surface area contributed by atoms with Crippen molar-refractivity contribution in [2.24, 2.45) is 5.92 Å². The van der Waals surface area contributed by atoms with Gasteiger partial charge in [-0.3, -0.25) is 9.69 Å². The fourth-order valence-corrected chi connectivity index (χ4v) is 3.45. The first-order valence-electron chi connectivity index (χ1n) is 9.24. The molecule has 1 heterocycles. The fourth-order valence-electron chi connectivity index (χ4n) is 3.45. The number of nitrogens with one attached hydrogen (secondary N) is 1. The van der Waals surface area contributed by atoms with Crippen LogP contribution in [-0.2, 0) is 11.3 Å². The Morgan fingerprint density at radius 1 is 1.19 bits per heavy atom. The van der Waals surface area contributed by atoms with E-state index in [9.17, 15) is 18.0 Å². The number of rotatable bonds is 7. The second-order valence-corrected chi connectivity index (χ2v) is 7.32. The molecule has 0 bridgehead atoms. The third kappa shape index (κ3) is 6.52. The fraction of sp³-hybridized carbons (Fsp3) is 0.632. The molecular formula is C19H25F3N2O2. The predicted octanol–water partition coefficient (Wildman–Crippen LogP) is 3.86. The average Bonchev–Trinajstić information content (AvgIpc) is 3.38. The molecule has 2 fully saturated rings. The number of likely N-dealkylation sites (tertiary alicyclic amines) is 1. The molecule has 0 radical (unpaired) electrons. The van der Waals surface area contributed by atoms with Gasteiger partial charge in [0.15, 0.2) is 0 Å². The number of carbonyl (C=O) groups is 1. The maximum Gasteiger partial charge on any atom is 0.573 e. The second kappa shape index (κ2) is 8.29. The molecule has 1 N–H and O–H groups in total. The van der Waals surface area contributed by atoms with Crippen molar-refractivity contribution in [3.63, 3.8) is 0 Å². The number of halogens is 3. The number of benzene rings is 1. The Morgan fingerprint density at radius 3 is 2.58 bits per heavy atom. The Balaban J connectivity index is 1.43. The van der Waals surface area contributed by atoms with Crippen LogP contribution in [0.3, 0.4) is 0 Å². The van der Waals surface area contributed by atoms with Gasteiger partial charge in [-0.15, -0.1) is 13.2 Å². The van der Waals surface area contributed by atoms with Crippen molar-refractivity contribution in [3.05, 3.63) is 29.8 Å². The summed E-state index contributed by atoms with van der Waals surface area (Å²) in [5, 5.41) is 3.02. The number of nitrogens with zero attached hydrogens (tertiary/aromatic N) is 1. The van der Waals surface area contributed by atoms with Gasteiger partial charge in [-0.05, 0) is 62.3 Å². The van der Waals surface area contributed by atoms with Crippen LogP contribution in [0.2, 0.25) is 0 Å². The van der Waals surface area contributed by atoms with Crippen LogP contribution in [0, 0.1) is 5.92 Å². The molecule has 1 aromatic carbocycles. The molecule has 1 aliphatic carbocycles. The third-order valence-electron chi connectivity index (χ3n) is 4.89. The lowest BCUT2D eigenvalue weighted by Gasteiger charge is -2.32.